The number of rotatable bonds is 1. The zero-order chi connectivity index (χ0) is 16.7. The Balaban J connectivity index is 2.67. The Hall–Kier alpha value is -0.770. The smallest absolute Gasteiger partial charge is 0.166 e. The summed E-state index contributed by atoms with van der Waals surface area (Å²) in [6.07, 6.45) is -9.71. The van der Waals surface area contributed by atoms with Crippen molar-refractivity contribution < 1.29 is 26.3 Å². The minimum Gasteiger partial charge on any atom is -0.166 e. The van der Waals surface area contributed by atoms with Crippen LogP contribution >= 0.6 is 38.5 Å². The SMILES string of the molecule is FC(F)(F)c1ccc(-c2ccc(I)c(Br)c2)c(C(F)(F)F)c1. The molecule has 2 aromatic rings. The Kier molecular flexibility index (Phi) is 4.82. The lowest BCUT2D eigenvalue weighted by Crippen LogP contribution is -2.12. The summed E-state index contributed by atoms with van der Waals surface area (Å²) in [6, 6.07) is 6.10. The van der Waals surface area contributed by atoms with E-state index in [1.54, 1.807) is 6.07 Å². The number of benzene rings is 2. The summed E-state index contributed by atoms with van der Waals surface area (Å²) < 4.78 is 78.5. The first-order chi connectivity index (χ1) is 10.00. The van der Waals surface area contributed by atoms with Crippen LogP contribution in [0.5, 0.6) is 0 Å². The van der Waals surface area contributed by atoms with Gasteiger partial charge in [0.2, 0.25) is 0 Å². The maximum Gasteiger partial charge on any atom is 0.417 e. The van der Waals surface area contributed by atoms with Gasteiger partial charge in [-0.2, -0.15) is 26.3 Å². The van der Waals surface area contributed by atoms with Crippen LogP contribution in [-0.2, 0) is 12.4 Å². The van der Waals surface area contributed by atoms with Gasteiger partial charge in [-0.05, 0) is 73.9 Å². The van der Waals surface area contributed by atoms with E-state index >= 15 is 0 Å². The molecule has 0 spiro atoms. The molecule has 0 aliphatic rings. The standard InChI is InChI=1S/C14H6BrF6I/c15-11-5-7(1-4-12(11)22)9-3-2-8(13(16,17)18)6-10(9)14(19,20)21/h1-6H. The highest BCUT2D eigenvalue weighted by molar-refractivity contribution is 14.1. The van der Waals surface area contributed by atoms with Crippen LogP contribution in [-0.4, -0.2) is 0 Å². The molecule has 0 radical (unpaired) electrons. The maximum atomic E-state index is 13.1. The fourth-order valence-corrected chi connectivity index (χ4v) is 2.58. The van der Waals surface area contributed by atoms with Crippen LogP contribution < -0.4 is 0 Å². The highest BCUT2D eigenvalue weighted by Gasteiger charge is 2.38. The van der Waals surface area contributed by atoms with Crippen molar-refractivity contribution in [2.75, 3.05) is 0 Å². The summed E-state index contributed by atoms with van der Waals surface area (Å²) in [6.45, 7) is 0. The largest absolute Gasteiger partial charge is 0.417 e. The topological polar surface area (TPSA) is 0 Å². The van der Waals surface area contributed by atoms with E-state index in [0.717, 1.165) is 9.64 Å². The van der Waals surface area contributed by atoms with E-state index in [2.05, 4.69) is 15.9 Å². The number of halogens is 8. The molecule has 0 saturated carbocycles. The summed E-state index contributed by atoms with van der Waals surface area (Å²) in [5.41, 5.74) is -2.74. The summed E-state index contributed by atoms with van der Waals surface area (Å²) in [5, 5.41) is 0. The van der Waals surface area contributed by atoms with Crippen molar-refractivity contribution in [3.8, 4) is 11.1 Å². The number of alkyl halides is 6. The fraction of sp³-hybridized carbons (Fsp3) is 0.143. The number of hydrogen-bond donors (Lipinski definition) is 0. The molecular weight excluding hydrogens is 489 g/mol. The van der Waals surface area contributed by atoms with Crippen molar-refractivity contribution in [2.24, 2.45) is 0 Å². The van der Waals surface area contributed by atoms with E-state index < -0.39 is 23.5 Å². The van der Waals surface area contributed by atoms with Gasteiger partial charge in [-0.15, -0.1) is 0 Å². The summed E-state index contributed by atoms with van der Waals surface area (Å²) in [7, 11) is 0. The molecule has 0 bridgehead atoms. The van der Waals surface area contributed by atoms with E-state index in [1.807, 2.05) is 22.6 Å². The Morgan fingerprint density at radius 1 is 0.818 bits per heavy atom. The van der Waals surface area contributed by atoms with E-state index in [0.29, 0.717) is 10.5 Å². The van der Waals surface area contributed by atoms with Gasteiger partial charge >= 0.3 is 12.4 Å². The van der Waals surface area contributed by atoms with Crippen LogP contribution in [0.15, 0.2) is 40.9 Å². The van der Waals surface area contributed by atoms with Crippen LogP contribution in [0, 0.1) is 3.57 Å². The molecule has 0 amide bonds. The van der Waals surface area contributed by atoms with E-state index in [1.165, 1.54) is 12.1 Å². The predicted molar refractivity (Wildman–Crippen MR) is 82.3 cm³/mol. The third kappa shape index (κ3) is 3.76. The van der Waals surface area contributed by atoms with Crippen LogP contribution in [0.1, 0.15) is 11.1 Å². The predicted octanol–water partition coefficient (Wildman–Crippen LogP) is 6.76. The molecule has 22 heavy (non-hydrogen) atoms. The van der Waals surface area contributed by atoms with Gasteiger partial charge in [0.1, 0.15) is 0 Å². The Bertz CT molecular complexity index is 705. The zero-order valence-electron chi connectivity index (χ0n) is 10.5. The molecule has 0 heterocycles. The van der Waals surface area contributed by atoms with Gasteiger partial charge in [0.05, 0.1) is 11.1 Å². The molecule has 0 N–H and O–H groups in total. The molecule has 0 fully saturated rings. The van der Waals surface area contributed by atoms with Crippen LogP contribution in [0.4, 0.5) is 26.3 Å². The second kappa shape index (κ2) is 6.03. The normalized spacial score (nSPS) is 12.5. The average Bonchev–Trinajstić information content (AvgIpc) is 2.39. The number of hydrogen-bond acceptors (Lipinski definition) is 0. The first-order valence-corrected chi connectivity index (χ1v) is 7.61. The van der Waals surface area contributed by atoms with Gasteiger partial charge in [-0.25, -0.2) is 0 Å². The lowest BCUT2D eigenvalue weighted by Gasteiger charge is -2.16. The molecule has 0 aliphatic heterocycles. The Labute approximate surface area is 143 Å². The van der Waals surface area contributed by atoms with Gasteiger partial charge in [0, 0.05) is 8.04 Å². The van der Waals surface area contributed by atoms with E-state index in [-0.39, 0.29) is 17.2 Å². The molecule has 2 rings (SSSR count). The molecule has 0 aromatic heterocycles. The van der Waals surface area contributed by atoms with E-state index in [9.17, 15) is 26.3 Å². The summed E-state index contributed by atoms with van der Waals surface area (Å²) in [5.74, 6) is 0. The van der Waals surface area contributed by atoms with Crippen LogP contribution in [0.3, 0.4) is 0 Å². The summed E-state index contributed by atoms with van der Waals surface area (Å²) in [4.78, 5) is 0. The molecule has 0 saturated heterocycles. The molecular formula is C14H6BrF6I. The fourth-order valence-electron chi connectivity index (χ4n) is 1.87. The van der Waals surface area contributed by atoms with Crippen molar-refractivity contribution in [2.45, 2.75) is 12.4 Å². The molecule has 0 nitrogen and oxygen atoms in total. The second-order valence-electron chi connectivity index (χ2n) is 4.38. The molecule has 0 unspecified atom stereocenters. The van der Waals surface area contributed by atoms with Crippen molar-refractivity contribution in [3.05, 3.63) is 55.6 Å². The maximum absolute atomic E-state index is 13.1. The van der Waals surface area contributed by atoms with Crippen LogP contribution in [0.2, 0.25) is 0 Å². The Morgan fingerprint density at radius 2 is 1.45 bits per heavy atom. The van der Waals surface area contributed by atoms with Crippen molar-refractivity contribution >= 4 is 38.5 Å². The van der Waals surface area contributed by atoms with Gasteiger partial charge in [-0.1, -0.05) is 12.1 Å². The third-order valence-corrected chi connectivity index (χ3v) is 5.22. The molecule has 118 valence electrons. The first kappa shape index (κ1) is 17.6. The molecule has 8 heteroatoms. The lowest BCUT2D eigenvalue weighted by atomic mass is 9.97. The molecule has 0 aliphatic carbocycles. The second-order valence-corrected chi connectivity index (χ2v) is 6.40. The minimum atomic E-state index is -4.88. The van der Waals surface area contributed by atoms with Gasteiger partial charge in [0.25, 0.3) is 0 Å². The average molecular weight is 495 g/mol. The molecule has 0 atom stereocenters. The quantitative estimate of drug-likeness (QED) is 0.303. The first-order valence-electron chi connectivity index (χ1n) is 5.74. The van der Waals surface area contributed by atoms with Crippen LogP contribution in [0.25, 0.3) is 11.1 Å². The summed E-state index contributed by atoms with van der Waals surface area (Å²) >= 11 is 5.18. The highest BCUT2D eigenvalue weighted by Crippen LogP contribution is 2.41. The molecule has 2 aromatic carbocycles. The van der Waals surface area contributed by atoms with Crippen molar-refractivity contribution in [3.63, 3.8) is 0 Å². The Morgan fingerprint density at radius 3 is 1.95 bits per heavy atom. The lowest BCUT2D eigenvalue weighted by molar-refractivity contribution is -0.142. The van der Waals surface area contributed by atoms with E-state index in [4.69, 9.17) is 0 Å². The minimum absolute atomic E-state index is 0.140. The zero-order valence-corrected chi connectivity index (χ0v) is 14.2. The van der Waals surface area contributed by atoms with Gasteiger partial charge < -0.3 is 0 Å². The van der Waals surface area contributed by atoms with Gasteiger partial charge in [0.15, 0.2) is 0 Å². The van der Waals surface area contributed by atoms with Gasteiger partial charge in [-0.3, -0.25) is 0 Å². The highest BCUT2D eigenvalue weighted by atomic mass is 127. The third-order valence-electron chi connectivity index (χ3n) is 2.88. The van der Waals surface area contributed by atoms with Crippen molar-refractivity contribution in [1.82, 2.24) is 0 Å². The van der Waals surface area contributed by atoms with Crippen molar-refractivity contribution in [1.29, 1.82) is 0 Å². The monoisotopic (exact) mass is 494 g/mol.